The summed E-state index contributed by atoms with van der Waals surface area (Å²) in [6, 6.07) is 25.6. The molecule has 1 amide bonds. The number of rotatable bonds is 7. The van der Waals surface area contributed by atoms with Gasteiger partial charge in [-0.3, -0.25) is 14.5 Å². The van der Waals surface area contributed by atoms with Gasteiger partial charge in [-0.15, -0.1) is 0 Å². The molecule has 0 spiro atoms. The van der Waals surface area contributed by atoms with Crippen LogP contribution in [0.25, 0.3) is 0 Å². The number of carbonyl (C=O) groups excluding carboxylic acids is 2. The molecule has 3 aromatic carbocycles. The van der Waals surface area contributed by atoms with Crippen LogP contribution in [0.4, 0.5) is 5.69 Å². The third-order valence-electron chi connectivity index (χ3n) is 7.14. The third kappa shape index (κ3) is 5.57. The van der Waals surface area contributed by atoms with E-state index in [1.807, 2.05) is 78.9 Å². The van der Waals surface area contributed by atoms with Crippen LogP contribution in [0.1, 0.15) is 40.9 Å². The Labute approximate surface area is 217 Å². The van der Waals surface area contributed by atoms with Crippen LogP contribution >= 0.6 is 0 Å². The average molecular weight is 497 g/mol. The first-order valence-corrected chi connectivity index (χ1v) is 12.7. The van der Waals surface area contributed by atoms with E-state index in [4.69, 9.17) is 9.84 Å². The van der Waals surface area contributed by atoms with Crippen molar-refractivity contribution in [1.82, 2.24) is 9.91 Å². The number of hydrogen-bond donors (Lipinski definition) is 0. The van der Waals surface area contributed by atoms with E-state index in [2.05, 4.69) is 9.80 Å². The number of benzene rings is 3. The first-order chi connectivity index (χ1) is 18.0. The van der Waals surface area contributed by atoms with E-state index in [1.54, 1.807) is 19.0 Å². The number of anilines is 1. The maximum Gasteiger partial charge on any atom is 0.257 e. The predicted molar refractivity (Wildman–Crippen MR) is 145 cm³/mol. The second-order valence-electron chi connectivity index (χ2n) is 9.51. The lowest BCUT2D eigenvalue weighted by Crippen LogP contribution is -2.49. The number of nitrogens with zero attached hydrogens (tertiary/aromatic N) is 4. The zero-order valence-corrected chi connectivity index (χ0v) is 21.3. The Morgan fingerprint density at radius 1 is 0.892 bits per heavy atom. The molecule has 0 aromatic heterocycles. The van der Waals surface area contributed by atoms with Crippen molar-refractivity contribution in [2.75, 3.05) is 44.7 Å². The number of Topliss-reactive ketones (excluding diaryl/α,β-unsaturated/α-hetero) is 1. The summed E-state index contributed by atoms with van der Waals surface area (Å²) in [7, 11) is 1.65. The minimum Gasteiger partial charge on any atom is -0.497 e. The number of methoxy groups -OCH3 is 1. The molecule has 5 rings (SSSR count). The van der Waals surface area contributed by atoms with Crippen molar-refractivity contribution >= 4 is 23.1 Å². The quantitative estimate of drug-likeness (QED) is 0.454. The van der Waals surface area contributed by atoms with Gasteiger partial charge in [0.1, 0.15) is 5.75 Å². The summed E-state index contributed by atoms with van der Waals surface area (Å²) >= 11 is 0. The number of ether oxygens (including phenoxy) is 1. The Hall–Kier alpha value is -3.97. The van der Waals surface area contributed by atoms with E-state index in [-0.39, 0.29) is 17.7 Å². The van der Waals surface area contributed by atoms with Crippen molar-refractivity contribution in [3.05, 3.63) is 95.6 Å². The van der Waals surface area contributed by atoms with E-state index in [1.165, 1.54) is 0 Å². The minimum atomic E-state index is -0.144. The molecule has 0 aliphatic carbocycles. The number of carbonyl (C=O) groups is 2. The smallest absolute Gasteiger partial charge is 0.257 e. The largest absolute Gasteiger partial charge is 0.497 e. The van der Waals surface area contributed by atoms with E-state index in [9.17, 15) is 9.59 Å². The van der Waals surface area contributed by atoms with Gasteiger partial charge in [0.15, 0.2) is 5.78 Å². The molecule has 1 atom stereocenters. The molecule has 0 radical (unpaired) electrons. The number of hydrogen-bond acceptors (Lipinski definition) is 6. The van der Waals surface area contributed by atoms with Crippen molar-refractivity contribution in [2.45, 2.75) is 19.4 Å². The van der Waals surface area contributed by atoms with Gasteiger partial charge in [0.25, 0.3) is 5.91 Å². The summed E-state index contributed by atoms with van der Waals surface area (Å²) in [5.74, 6) is 0.867. The van der Waals surface area contributed by atoms with Crippen LogP contribution in [0, 0.1) is 0 Å². The molecular weight excluding hydrogens is 464 g/mol. The summed E-state index contributed by atoms with van der Waals surface area (Å²) < 4.78 is 5.32. The monoisotopic (exact) mass is 496 g/mol. The number of amides is 1. The number of hydrazone groups is 1. The average Bonchev–Trinajstić information content (AvgIpc) is 3.40. The van der Waals surface area contributed by atoms with Gasteiger partial charge >= 0.3 is 0 Å². The van der Waals surface area contributed by atoms with Crippen LogP contribution in [0.15, 0.2) is 84.0 Å². The van der Waals surface area contributed by atoms with Crippen molar-refractivity contribution < 1.29 is 14.3 Å². The fourth-order valence-corrected chi connectivity index (χ4v) is 4.97. The maximum atomic E-state index is 13.6. The number of ketones is 1. The van der Waals surface area contributed by atoms with Gasteiger partial charge in [-0.05, 0) is 54.4 Å². The molecule has 1 fully saturated rings. The normalized spacial score (nSPS) is 18.0. The molecule has 1 saturated heterocycles. The molecule has 7 heteroatoms. The van der Waals surface area contributed by atoms with Crippen LogP contribution in [-0.2, 0) is 4.79 Å². The van der Waals surface area contributed by atoms with Gasteiger partial charge in [0.2, 0.25) is 0 Å². The molecule has 2 aliphatic heterocycles. The van der Waals surface area contributed by atoms with E-state index < -0.39 is 0 Å². The first kappa shape index (κ1) is 24.7. The van der Waals surface area contributed by atoms with Gasteiger partial charge in [-0.1, -0.05) is 42.5 Å². The zero-order chi connectivity index (χ0) is 25.8. The van der Waals surface area contributed by atoms with Crippen LogP contribution in [0.2, 0.25) is 0 Å². The fourth-order valence-electron chi connectivity index (χ4n) is 4.97. The Bertz CT molecular complexity index is 1260. The first-order valence-electron chi connectivity index (χ1n) is 12.7. The molecule has 3 aromatic rings. The topological polar surface area (TPSA) is 65.5 Å². The van der Waals surface area contributed by atoms with Crippen molar-refractivity contribution in [3.8, 4) is 5.75 Å². The van der Waals surface area contributed by atoms with Crippen LogP contribution in [0.5, 0.6) is 5.75 Å². The maximum absolute atomic E-state index is 13.6. The summed E-state index contributed by atoms with van der Waals surface area (Å²) in [6.07, 6.45) is 0.673. The summed E-state index contributed by atoms with van der Waals surface area (Å²) in [5, 5.41) is 6.49. The minimum absolute atomic E-state index is 0.00557. The Kier molecular flexibility index (Phi) is 7.32. The van der Waals surface area contributed by atoms with Gasteiger partial charge in [0.05, 0.1) is 25.4 Å². The summed E-state index contributed by atoms with van der Waals surface area (Å²) in [6.45, 7) is 5.14. The highest BCUT2D eigenvalue weighted by Gasteiger charge is 2.34. The van der Waals surface area contributed by atoms with Gasteiger partial charge in [0, 0.05) is 43.9 Å². The highest BCUT2D eigenvalue weighted by molar-refractivity contribution is 6.03. The number of piperazine rings is 1. The van der Waals surface area contributed by atoms with E-state index in [0.717, 1.165) is 60.0 Å². The van der Waals surface area contributed by atoms with Crippen LogP contribution in [-0.4, -0.2) is 67.1 Å². The van der Waals surface area contributed by atoms with E-state index in [0.29, 0.717) is 13.0 Å². The molecular formula is C30H32N4O3. The highest BCUT2D eigenvalue weighted by Crippen LogP contribution is 2.33. The van der Waals surface area contributed by atoms with Gasteiger partial charge in [-0.25, -0.2) is 5.01 Å². The van der Waals surface area contributed by atoms with Crippen LogP contribution in [0.3, 0.4) is 0 Å². The zero-order valence-electron chi connectivity index (χ0n) is 21.3. The molecule has 0 bridgehead atoms. The Morgan fingerprint density at radius 3 is 2.19 bits per heavy atom. The Balaban J connectivity index is 1.27. The molecule has 0 saturated carbocycles. The SMILES string of the molecule is COc1ccc([C@@H]2CC(c3ccccc3)=NN2C(=O)CN2CCN(c3ccc(C(C)=O)cc3)CC2)cc1. The summed E-state index contributed by atoms with van der Waals surface area (Å²) in [5.41, 5.74) is 4.84. The molecule has 190 valence electrons. The third-order valence-corrected chi connectivity index (χ3v) is 7.14. The molecule has 0 N–H and O–H groups in total. The van der Waals surface area contributed by atoms with Gasteiger partial charge < -0.3 is 9.64 Å². The molecule has 7 nitrogen and oxygen atoms in total. The second-order valence-corrected chi connectivity index (χ2v) is 9.51. The second kappa shape index (κ2) is 11.0. The van der Waals surface area contributed by atoms with Crippen LogP contribution < -0.4 is 9.64 Å². The lowest BCUT2D eigenvalue weighted by molar-refractivity contribution is -0.134. The molecule has 0 unspecified atom stereocenters. The highest BCUT2D eigenvalue weighted by atomic mass is 16.5. The van der Waals surface area contributed by atoms with Crippen molar-refractivity contribution in [3.63, 3.8) is 0 Å². The Morgan fingerprint density at radius 2 is 1.57 bits per heavy atom. The van der Waals surface area contributed by atoms with Crippen molar-refractivity contribution in [2.24, 2.45) is 5.10 Å². The molecule has 37 heavy (non-hydrogen) atoms. The summed E-state index contributed by atoms with van der Waals surface area (Å²) in [4.78, 5) is 29.6. The standard InChI is InChI=1S/C30H32N4O3/c1-22(35)23-8-12-26(13-9-23)33-18-16-32(17-19-33)21-30(36)34-29(25-10-14-27(37-2)15-11-25)20-28(31-34)24-6-4-3-5-7-24/h3-15,29H,16-21H2,1-2H3/t29-/m0/s1. The predicted octanol–water partition coefficient (Wildman–Crippen LogP) is 4.40. The van der Waals surface area contributed by atoms with Crippen molar-refractivity contribution in [1.29, 1.82) is 0 Å². The van der Waals surface area contributed by atoms with Gasteiger partial charge in [-0.2, -0.15) is 5.10 Å². The molecule has 2 heterocycles. The fraction of sp³-hybridized carbons (Fsp3) is 0.300. The van der Waals surface area contributed by atoms with E-state index >= 15 is 0 Å². The molecule has 2 aliphatic rings. The lowest BCUT2D eigenvalue weighted by Gasteiger charge is -2.36. The lowest BCUT2D eigenvalue weighted by atomic mass is 9.98.